The fourth-order valence-electron chi connectivity index (χ4n) is 4.45. The van der Waals surface area contributed by atoms with Gasteiger partial charge in [0.1, 0.15) is 5.41 Å². The van der Waals surface area contributed by atoms with Crippen molar-refractivity contribution in [2.45, 2.75) is 36.9 Å². The second-order valence-corrected chi connectivity index (χ2v) is 8.62. The highest BCUT2D eigenvalue weighted by atomic mass is 16.4. The highest BCUT2D eigenvalue weighted by molar-refractivity contribution is 5.91. The molecule has 2 saturated heterocycles. The van der Waals surface area contributed by atoms with Gasteiger partial charge in [-0.05, 0) is 62.5 Å². The molecule has 2 aromatic carbocycles. The van der Waals surface area contributed by atoms with Crippen molar-refractivity contribution in [3.05, 3.63) is 71.8 Å². The van der Waals surface area contributed by atoms with E-state index in [4.69, 9.17) is 26.2 Å². The van der Waals surface area contributed by atoms with Gasteiger partial charge in [0.25, 0.3) is 0 Å². The number of amides is 1. The van der Waals surface area contributed by atoms with Gasteiger partial charge in [0, 0.05) is 0 Å². The summed E-state index contributed by atoms with van der Waals surface area (Å²) in [4.78, 5) is 32.1. The molecule has 0 aliphatic carbocycles. The van der Waals surface area contributed by atoms with Crippen molar-refractivity contribution in [1.82, 2.24) is 10.6 Å². The Morgan fingerprint density at radius 3 is 1.50 bits per heavy atom. The van der Waals surface area contributed by atoms with Crippen molar-refractivity contribution >= 4 is 17.8 Å². The van der Waals surface area contributed by atoms with E-state index in [1.54, 1.807) is 0 Å². The van der Waals surface area contributed by atoms with Gasteiger partial charge in [0.2, 0.25) is 5.91 Å². The van der Waals surface area contributed by atoms with Crippen LogP contribution in [0.25, 0.3) is 0 Å². The molecule has 2 aromatic rings. The highest BCUT2D eigenvalue weighted by Gasteiger charge is 2.48. The molecule has 0 radical (unpaired) electrons. The van der Waals surface area contributed by atoms with E-state index >= 15 is 0 Å². The summed E-state index contributed by atoms with van der Waals surface area (Å²) in [7, 11) is 0. The average Bonchev–Trinajstić information content (AvgIpc) is 3.63. The van der Waals surface area contributed by atoms with Gasteiger partial charge >= 0.3 is 11.9 Å². The van der Waals surface area contributed by atoms with E-state index in [9.17, 15) is 14.4 Å². The van der Waals surface area contributed by atoms with Crippen LogP contribution in [0.15, 0.2) is 60.7 Å². The molecule has 196 valence electrons. The lowest BCUT2D eigenvalue weighted by atomic mass is 9.65. The smallest absolute Gasteiger partial charge is 0.335 e. The summed E-state index contributed by atoms with van der Waals surface area (Å²) < 4.78 is 0. The van der Waals surface area contributed by atoms with Crippen molar-refractivity contribution in [2.24, 2.45) is 11.7 Å². The molecule has 0 spiro atoms. The van der Waals surface area contributed by atoms with Crippen molar-refractivity contribution < 1.29 is 34.8 Å². The van der Waals surface area contributed by atoms with Crippen molar-refractivity contribution in [3.8, 4) is 0 Å². The molecule has 10 heteroatoms. The first-order chi connectivity index (χ1) is 17.2. The lowest BCUT2D eigenvalue weighted by molar-refractivity contribution is -0.165. The van der Waals surface area contributed by atoms with E-state index in [2.05, 4.69) is 10.6 Å². The third-order valence-corrected chi connectivity index (χ3v) is 6.28. The van der Waals surface area contributed by atoms with Gasteiger partial charge in [0.05, 0.1) is 0 Å². The van der Waals surface area contributed by atoms with Gasteiger partial charge in [-0.1, -0.05) is 60.7 Å². The Balaban J connectivity index is 0.000000252. The summed E-state index contributed by atoms with van der Waals surface area (Å²) in [5.74, 6) is -3.63. The van der Waals surface area contributed by atoms with Crippen LogP contribution in [0.5, 0.6) is 0 Å². The predicted molar refractivity (Wildman–Crippen MR) is 133 cm³/mol. The predicted octanol–water partition coefficient (Wildman–Crippen LogP) is 0.315. The molecule has 0 aromatic heterocycles. The average molecular weight is 502 g/mol. The van der Waals surface area contributed by atoms with E-state index in [0.717, 1.165) is 30.6 Å². The number of hydrogen-bond donors (Lipinski definition) is 7. The van der Waals surface area contributed by atoms with Crippen LogP contribution in [0.3, 0.4) is 0 Å². The fraction of sp³-hybridized carbons (Fsp3) is 0.423. The largest absolute Gasteiger partial charge is 0.479 e. The number of carboxylic acid groups (broad SMARTS) is 2. The molecule has 36 heavy (non-hydrogen) atoms. The maximum Gasteiger partial charge on any atom is 0.335 e. The molecular weight excluding hydrogens is 466 g/mol. The number of rotatable bonds is 7. The molecule has 3 atom stereocenters. The number of carbonyl (C=O) groups excluding carboxylic acids is 1. The number of carboxylic acids is 2. The highest BCUT2D eigenvalue weighted by Crippen LogP contribution is 2.41. The first-order valence-corrected chi connectivity index (χ1v) is 11.9. The molecular formula is C26H35N3O7. The second-order valence-electron chi connectivity index (χ2n) is 8.62. The summed E-state index contributed by atoms with van der Waals surface area (Å²) in [6.45, 7) is 4.24. The molecule has 2 heterocycles. The fourth-order valence-corrected chi connectivity index (χ4v) is 4.45. The zero-order valence-corrected chi connectivity index (χ0v) is 20.0. The van der Waals surface area contributed by atoms with Crippen LogP contribution < -0.4 is 16.4 Å². The normalized spacial score (nSPS) is 18.6. The number of primary amides is 1. The summed E-state index contributed by atoms with van der Waals surface area (Å²) in [5, 5.41) is 39.1. The topological polar surface area (TPSA) is 182 Å². The minimum atomic E-state index is -2.27. The summed E-state index contributed by atoms with van der Waals surface area (Å²) in [6, 6.07) is 19.9. The van der Waals surface area contributed by atoms with Gasteiger partial charge < -0.3 is 36.8 Å². The van der Waals surface area contributed by atoms with E-state index < -0.39 is 29.6 Å². The minimum Gasteiger partial charge on any atom is -0.479 e. The number of aliphatic carboxylic acids is 2. The second kappa shape index (κ2) is 14.3. The first kappa shape index (κ1) is 28.9. The number of benzene rings is 2. The Hall–Kier alpha value is -3.31. The third kappa shape index (κ3) is 7.34. The van der Waals surface area contributed by atoms with Crippen LogP contribution in [-0.4, -0.2) is 76.7 Å². The molecule has 0 bridgehead atoms. The molecule has 8 N–H and O–H groups in total. The van der Waals surface area contributed by atoms with Gasteiger partial charge in [0.15, 0.2) is 12.2 Å². The molecule has 2 aliphatic heterocycles. The third-order valence-electron chi connectivity index (χ3n) is 6.28. The van der Waals surface area contributed by atoms with E-state index in [1.807, 2.05) is 60.7 Å². The van der Waals surface area contributed by atoms with E-state index in [-0.39, 0.29) is 11.8 Å². The van der Waals surface area contributed by atoms with Crippen LogP contribution in [0.1, 0.15) is 30.4 Å². The molecule has 0 saturated carbocycles. The standard InChI is InChI=1S/C18H20N2O.C4H9N.C4H6O6/c19-17(21)18(16-11-12-20-13-16,14-7-3-1-4-8-14)15-9-5-2-6-10-15;1-2-4-5-3-1;5-1(3(7)8)2(6)4(9)10/h1-10,16,20H,11-13H2,(H2,19,21);5H,1-4H2;1-2,5-6H,(H,7,8)(H,9,10). The van der Waals surface area contributed by atoms with Gasteiger partial charge in [-0.15, -0.1) is 0 Å². The molecule has 3 unspecified atom stereocenters. The quantitative estimate of drug-likeness (QED) is 0.281. The lowest BCUT2D eigenvalue weighted by Gasteiger charge is -2.37. The van der Waals surface area contributed by atoms with Crippen LogP contribution in [0, 0.1) is 5.92 Å². The Bertz CT molecular complexity index is 897. The molecule has 2 aliphatic rings. The number of aliphatic hydroxyl groups is 2. The molecule has 2 fully saturated rings. The zero-order chi connectivity index (χ0) is 26.6. The van der Waals surface area contributed by atoms with Gasteiger partial charge in [-0.25, -0.2) is 9.59 Å². The Morgan fingerprint density at radius 1 is 0.778 bits per heavy atom. The van der Waals surface area contributed by atoms with Gasteiger partial charge in [-0.3, -0.25) is 4.79 Å². The monoisotopic (exact) mass is 501 g/mol. The van der Waals surface area contributed by atoms with Crippen molar-refractivity contribution in [3.63, 3.8) is 0 Å². The molecule has 1 amide bonds. The SMILES string of the molecule is C1CCNC1.NC(=O)C(c1ccccc1)(c1ccccc1)C1CCNC1.O=C(O)C(O)C(O)C(=O)O. The first-order valence-electron chi connectivity index (χ1n) is 11.9. The molecule has 4 rings (SSSR count). The number of carbonyl (C=O) groups is 3. The number of nitrogens with one attached hydrogen (secondary N) is 2. The minimum absolute atomic E-state index is 0.180. The molecule has 10 nitrogen and oxygen atoms in total. The van der Waals surface area contributed by atoms with E-state index in [0.29, 0.717) is 0 Å². The van der Waals surface area contributed by atoms with E-state index in [1.165, 1.54) is 25.9 Å². The zero-order valence-electron chi connectivity index (χ0n) is 20.0. The Labute approximate surface area is 210 Å². The van der Waals surface area contributed by atoms with Gasteiger partial charge in [-0.2, -0.15) is 0 Å². The summed E-state index contributed by atoms with van der Waals surface area (Å²) >= 11 is 0. The summed E-state index contributed by atoms with van der Waals surface area (Å²) in [5.41, 5.74) is 7.16. The summed E-state index contributed by atoms with van der Waals surface area (Å²) in [6.07, 6.45) is -0.804. The van der Waals surface area contributed by atoms with Crippen LogP contribution in [0.2, 0.25) is 0 Å². The Morgan fingerprint density at radius 2 is 1.22 bits per heavy atom. The maximum atomic E-state index is 12.6. The van der Waals surface area contributed by atoms with Crippen molar-refractivity contribution in [1.29, 1.82) is 0 Å². The number of aliphatic hydroxyl groups excluding tert-OH is 2. The van der Waals surface area contributed by atoms with Crippen molar-refractivity contribution in [2.75, 3.05) is 26.2 Å². The van der Waals surface area contributed by atoms with Crippen LogP contribution in [-0.2, 0) is 19.8 Å². The Kier molecular flexibility index (Phi) is 11.5. The lowest BCUT2D eigenvalue weighted by Crippen LogP contribution is -2.49. The van der Waals surface area contributed by atoms with Crippen LogP contribution in [0.4, 0.5) is 0 Å². The number of nitrogens with two attached hydrogens (primary N) is 1. The number of hydrogen-bond acceptors (Lipinski definition) is 7. The maximum absolute atomic E-state index is 12.6. The van der Waals surface area contributed by atoms with Crippen LogP contribution >= 0.6 is 0 Å².